The minimum Gasteiger partial charge on any atom is -0.207 e. The van der Waals surface area contributed by atoms with Crippen molar-refractivity contribution < 1.29 is 8.42 Å². The first-order chi connectivity index (χ1) is 9.98. The van der Waals surface area contributed by atoms with Crippen LogP contribution in [0.4, 0.5) is 0 Å². The van der Waals surface area contributed by atoms with Gasteiger partial charge in [0.15, 0.2) is 0 Å². The van der Waals surface area contributed by atoms with Gasteiger partial charge < -0.3 is 0 Å². The van der Waals surface area contributed by atoms with E-state index in [9.17, 15) is 8.42 Å². The maximum Gasteiger partial charge on any atom is 0.243 e. The Morgan fingerprint density at radius 3 is 1.90 bits per heavy atom. The highest BCUT2D eigenvalue weighted by Crippen LogP contribution is 2.38. The fourth-order valence-electron chi connectivity index (χ4n) is 2.62. The van der Waals surface area contributed by atoms with E-state index in [1.165, 1.54) is 5.56 Å². The predicted molar refractivity (Wildman–Crippen MR) is 83.6 cm³/mol. The molecule has 1 aliphatic rings. The maximum absolute atomic E-state index is 12.7. The molecule has 0 saturated carbocycles. The Hall–Kier alpha value is -1.65. The Kier molecular flexibility index (Phi) is 3.59. The quantitative estimate of drug-likeness (QED) is 0.871. The van der Waals surface area contributed by atoms with Crippen LogP contribution in [0.2, 0.25) is 0 Å². The van der Waals surface area contributed by atoms with Crippen molar-refractivity contribution in [3.63, 3.8) is 0 Å². The molecule has 110 valence electrons. The highest BCUT2D eigenvalue weighted by atomic mass is 32.2. The average Bonchev–Trinajstić information content (AvgIpc) is 2.40. The first kappa shape index (κ1) is 14.3. The van der Waals surface area contributed by atoms with Crippen LogP contribution < -0.4 is 0 Å². The van der Waals surface area contributed by atoms with E-state index in [0.717, 1.165) is 17.5 Å². The maximum atomic E-state index is 12.7. The molecule has 0 aromatic heterocycles. The average molecular weight is 301 g/mol. The molecule has 1 unspecified atom stereocenters. The second kappa shape index (κ2) is 5.28. The zero-order chi connectivity index (χ0) is 15.0. The summed E-state index contributed by atoms with van der Waals surface area (Å²) in [5.41, 5.74) is 3.32. The lowest BCUT2D eigenvalue weighted by Gasteiger charge is -2.40. The second-order valence-electron chi connectivity index (χ2n) is 5.64. The van der Waals surface area contributed by atoms with Gasteiger partial charge in [0.1, 0.15) is 0 Å². The summed E-state index contributed by atoms with van der Waals surface area (Å²) < 4.78 is 27.0. The van der Waals surface area contributed by atoms with Crippen molar-refractivity contribution >= 4 is 10.0 Å². The van der Waals surface area contributed by atoms with Crippen LogP contribution in [-0.4, -0.2) is 19.3 Å². The number of hydrogen-bond acceptors (Lipinski definition) is 2. The molecule has 1 saturated heterocycles. The first-order valence-electron chi connectivity index (χ1n) is 7.13. The van der Waals surface area contributed by atoms with E-state index in [0.29, 0.717) is 11.4 Å². The summed E-state index contributed by atoms with van der Waals surface area (Å²) >= 11 is 0. The Morgan fingerprint density at radius 2 is 1.43 bits per heavy atom. The molecular formula is C17H19NO2S. The number of benzene rings is 2. The fourth-order valence-corrected chi connectivity index (χ4v) is 4.28. The number of rotatable bonds is 3. The number of nitrogens with zero attached hydrogens (tertiary/aromatic N) is 1. The first-order valence-corrected chi connectivity index (χ1v) is 8.57. The lowest BCUT2D eigenvalue weighted by molar-refractivity contribution is 0.202. The molecule has 1 fully saturated rings. The third-order valence-electron chi connectivity index (χ3n) is 4.06. The van der Waals surface area contributed by atoms with Gasteiger partial charge in [-0.3, -0.25) is 0 Å². The van der Waals surface area contributed by atoms with E-state index in [2.05, 4.69) is 0 Å². The number of hydrogen-bond donors (Lipinski definition) is 0. The second-order valence-corrected chi connectivity index (χ2v) is 7.53. The zero-order valence-corrected chi connectivity index (χ0v) is 13.1. The van der Waals surface area contributed by atoms with E-state index in [1.54, 1.807) is 16.4 Å². The number of sulfonamides is 1. The minimum absolute atomic E-state index is 0.0306. The summed E-state index contributed by atoms with van der Waals surface area (Å²) in [5.74, 6) is 0. The summed E-state index contributed by atoms with van der Waals surface area (Å²) in [6.45, 7) is 4.58. The summed E-state index contributed by atoms with van der Waals surface area (Å²) in [5, 5.41) is 0. The fraction of sp³-hybridized carbons (Fsp3) is 0.294. The van der Waals surface area contributed by atoms with Crippen LogP contribution in [0.3, 0.4) is 0 Å². The van der Waals surface area contributed by atoms with Gasteiger partial charge in [0.05, 0.1) is 10.9 Å². The Balaban J connectivity index is 1.89. The Morgan fingerprint density at radius 1 is 0.905 bits per heavy atom. The van der Waals surface area contributed by atoms with Crippen molar-refractivity contribution in [1.82, 2.24) is 4.31 Å². The van der Waals surface area contributed by atoms with Gasteiger partial charge in [0.25, 0.3) is 0 Å². The summed E-state index contributed by atoms with van der Waals surface area (Å²) in [6.07, 6.45) is 0.883. The van der Waals surface area contributed by atoms with Crippen LogP contribution in [0, 0.1) is 13.8 Å². The lowest BCUT2D eigenvalue weighted by atomic mass is 9.97. The molecule has 2 aromatic carbocycles. The highest BCUT2D eigenvalue weighted by molar-refractivity contribution is 7.89. The van der Waals surface area contributed by atoms with Crippen molar-refractivity contribution in [2.45, 2.75) is 31.2 Å². The van der Waals surface area contributed by atoms with Crippen LogP contribution in [0.25, 0.3) is 0 Å². The smallest absolute Gasteiger partial charge is 0.207 e. The molecule has 1 heterocycles. The molecule has 3 rings (SSSR count). The third kappa shape index (κ3) is 2.61. The Bertz CT molecular complexity index is 733. The molecule has 0 N–H and O–H groups in total. The SMILES string of the molecule is Cc1ccc(C2CCN2S(=O)(=O)c2ccc(C)cc2)cc1. The standard InChI is InChI=1S/C17H19NO2S/c1-13-3-7-15(8-4-13)17-11-12-18(17)21(19,20)16-9-5-14(2)6-10-16/h3-10,17H,11-12H2,1-2H3. The van der Waals surface area contributed by atoms with Crippen molar-refractivity contribution in [2.24, 2.45) is 0 Å². The van der Waals surface area contributed by atoms with Gasteiger partial charge in [-0.25, -0.2) is 8.42 Å². The van der Waals surface area contributed by atoms with Crippen LogP contribution in [-0.2, 0) is 10.0 Å². The predicted octanol–water partition coefficient (Wildman–Crippen LogP) is 3.44. The van der Waals surface area contributed by atoms with E-state index in [4.69, 9.17) is 0 Å². The molecule has 2 aromatic rings. The molecular weight excluding hydrogens is 282 g/mol. The monoisotopic (exact) mass is 301 g/mol. The third-order valence-corrected chi connectivity index (χ3v) is 5.98. The van der Waals surface area contributed by atoms with E-state index in [-0.39, 0.29) is 6.04 Å². The summed E-state index contributed by atoms with van der Waals surface area (Å²) in [4.78, 5) is 0.380. The van der Waals surface area contributed by atoms with Gasteiger partial charge in [0, 0.05) is 6.54 Å². The van der Waals surface area contributed by atoms with Crippen LogP contribution >= 0.6 is 0 Å². The molecule has 4 heteroatoms. The lowest BCUT2D eigenvalue weighted by Crippen LogP contribution is -2.44. The molecule has 0 amide bonds. The molecule has 0 radical (unpaired) electrons. The molecule has 1 aliphatic heterocycles. The van der Waals surface area contributed by atoms with E-state index < -0.39 is 10.0 Å². The van der Waals surface area contributed by atoms with Crippen LogP contribution in [0.1, 0.15) is 29.2 Å². The van der Waals surface area contributed by atoms with E-state index >= 15 is 0 Å². The van der Waals surface area contributed by atoms with Gasteiger partial charge in [-0.05, 0) is 38.0 Å². The van der Waals surface area contributed by atoms with Crippen molar-refractivity contribution in [3.05, 3.63) is 65.2 Å². The molecule has 1 atom stereocenters. The normalized spacial score (nSPS) is 19.2. The van der Waals surface area contributed by atoms with Gasteiger partial charge >= 0.3 is 0 Å². The van der Waals surface area contributed by atoms with Crippen molar-refractivity contribution in [3.8, 4) is 0 Å². The molecule has 0 aliphatic carbocycles. The van der Waals surface area contributed by atoms with Crippen LogP contribution in [0.15, 0.2) is 53.4 Å². The van der Waals surface area contributed by atoms with Gasteiger partial charge in [-0.15, -0.1) is 0 Å². The largest absolute Gasteiger partial charge is 0.243 e. The zero-order valence-electron chi connectivity index (χ0n) is 12.3. The molecule has 21 heavy (non-hydrogen) atoms. The van der Waals surface area contributed by atoms with Gasteiger partial charge in [-0.2, -0.15) is 4.31 Å². The molecule has 3 nitrogen and oxygen atoms in total. The minimum atomic E-state index is -3.39. The van der Waals surface area contributed by atoms with Gasteiger partial charge in [-0.1, -0.05) is 47.5 Å². The van der Waals surface area contributed by atoms with Crippen molar-refractivity contribution in [2.75, 3.05) is 6.54 Å². The Labute approximate surface area is 126 Å². The van der Waals surface area contributed by atoms with Gasteiger partial charge in [0.2, 0.25) is 10.0 Å². The topological polar surface area (TPSA) is 37.4 Å². The van der Waals surface area contributed by atoms with E-state index in [1.807, 2.05) is 50.2 Å². The molecule has 0 spiro atoms. The number of aryl methyl sites for hydroxylation is 2. The highest BCUT2D eigenvalue weighted by Gasteiger charge is 2.39. The summed E-state index contributed by atoms with van der Waals surface area (Å²) in [6, 6.07) is 15.1. The summed E-state index contributed by atoms with van der Waals surface area (Å²) in [7, 11) is -3.39. The van der Waals surface area contributed by atoms with Crippen molar-refractivity contribution in [1.29, 1.82) is 0 Å². The molecule has 0 bridgehead atoms. The van der Waals surface area contributed by atoms with Crippen LogP contribution in [0.5, 0.6) is 0 Å².